The Morgan fingerprint density at radius 1 is 1.28 bits per heavy atom. The summed E-state index contributed by atoms with van der Waals surface area (Å²) < 4.78 is 24.9. The number of nitrogens with zero attached hydrogens (tertiary/aromatic N) is 5. The van der Waals surface area contributed by atoms with Gasteiger partial charge in [0.2, 0.25) is 0 Å². The van der Waals surface area contributed by atoms with Crippen LogP contribution in [0.5, 0.6) is 0 Å². The van der Waals surface area contributed by atoms with Gasteiger partial charge in [-0.25, -0.2) is 18.1 Å². The first-order valence-corrected chi connectivity index (χ1v) is 9.18. The van der Waals surface area contributed by atoms with Crippen LogP contribution in [0.25, 0.3) is 16.7 Å². The first kappa shape index (κ1) is 16.8. The summed E-state index contributed by atoms with van der Waals surface area (Å²) in [6.45, 7) is -0.0305. The number of para-hydroxylation sites is 2. The first-order chi connectivity index (χ1) is 11.8. The minimum Gasteiger partial charge on any atom is -0.298 e. The summed E-state index contributed by atoms with van der Waals surface area (Å²) >= 11 is 0. The zero-order chi connectivity index (χ0) is 18.2. The quantitative estimate of drug-likeness (QED) is 0.477. The molecule has 0 bridgehead atoms. The van der Waals surface area contributed by atoms with Gasteiger partial charge in [-0.3, -0.25) is 19.5 Å². The molecule has 0 fully saturated rings. The maximum atomic E-state index is 12.4. The molecule has 1 aromatic carbocycles. The van der Waals surface area contributed by atoms with Gasteiger partial charge < -0.3 is 0 Å². The Labute approximate surface area is 141 Å². The molecule has 0 radical (unpaired) electrons. The lowest BCUT2D eigenvalue weighted by Gasteiger charge is -2.06. The molecule has 0 unspecified atom stereocenters. The highest BCUT2D eigenvalue weighted by Crippen LogP contribution is 2.23. The predicted octanol–water partition coefficient (Wildman–Crippen LogP) is 0.535. The number of nitro benzene ring substituents is 1. The lowest BCUT2D eigenvalue weighted by Crippen LogP contribution is -2.24. The van der Waals surface area contributed by atoms with Crippen LogP contribution in [0.1, 0.15) is 0 Å². The van der Waals surface area contributed by atoms with Gasteiger partial charge in [0.05, 0.1) is 16.9 Å². The molecule has 25 heavy (non-hydrogen) atoms. The zero-order valence-electron chi connectivity index (χ0n) is 13.1. The van der Waals surface area contributed by atoms with E-state index in [1.165, 1.54) is 40.0 Å². The van der Waals surface area contributed by atoms with E-state index >= 15 is 0 Å². The highest BCUT2D eigenvalue weighted by atomic mass is 32.2. The number of sulfone groups is 1. The number of hydrogen-bond acceptors (Lipinski definition) is 7. The van der Waals surface area contributed by atoms with E-state index in [4.69, 9.17) is 0 Å². The summed E-state index contributed by atoms with van der Waals surface area (Å²) in [4.78, 5) is 27.2. The fourth-order valence-electron chi connectivity index (χ4n) is 2.35. The lowest BCUT2D eigenvalue weighted by atomic mass is 10.2. The third-order valence-electron chi connectivity index (χ3n) is 3.56. The van der Waals surface area contributed by atoms with E-state index in [2.05, 4.69) is 10.1 Å². The standard InChI is InChI=1S/C14H13N5O5S/c1-25(23,24)7-6-17-9-15-13-10(14(17)20)8-16-18(13)11-4-2-3-5-12(11)19(21)22/h2-5,8-9H,6-7H2,1H3. The van der Waals surface area contributed by atoms with Gasteiger partial charge >= 0.3 is 0 Å². The summed E-state index contributed by atoms with van der Waals surface area (Å²) in [5.41, 5.74) is -0.285. The Kier molecular flexibility index (Phi) is 4.08. The van der Waals surface area contributed by atoms with Crippen LogP contribution in [0.2, 0.25) is 0 Å². The highest BCUT2D eigenvalue weighted by molar-refractivity contribution is 7.90. The number of hydrogen-bond donors (Lipinski definition) is 0. The Bertz CT molecular complexity index is 1130. The van der Waals surface area contributed by atoms with E-state index in [0.717, 1.165) is 6.26 Å². The van der Waals surface area contributed by atoms with E-state index in [1.54, 1.807) is 6.07 Å². The fraction of sp³-hybridized carbons (Fsp3) is 0.214. The van der Waals surface area contributed by atoms with Crippen molar-refractivity contribution < 1.29 is 13.3 Å². The molecule has 0 atom stereocenters. The molecule has 130 valence electrons. The van der Waals surface area contributed by atoms with Crippen molar-refractivity contribution in [2.75, 3.05) is 12.0 Å². The number of benzene rings is 1. The van der Waals surface area contributed by atoms with Gasteiger partial charge in [-0.2, -0.15) is 5.10 Å². The predicted molar refractivity (Wildman–Crippen MR) is 89.5 cm³/mol. The third kappa shape index (κ3) is 3.26. The van der Waals surface area contributed by atoms with Gasteiger partial charge in [-0.15, -0.1) is 0 Å². The second-order valence-electron chi connectivity index (χ2n) is 5.41. The summed E-state index contributed by atoms with van der Waals surface area (Å²) in [6.07, 6.45) is 3.55. The summed E-state index contributed by atoms with van der Waals surface area (Å²) in [6, 6.07) is 5.97. The summed E-state index contributed by atoms with van der Waals surface area (Å²) in [5.74, 6) is -0.196. The maximum absolute atomic E-state index is 12.4. The van der Waals surface area contributed by atoms with Crippen LogP contribution in [0.15, 0.2) is 41.6 Å². The molecular formula is C14H13N5O5S. The van der Waals surface area contributed by atoms with Crippen LogP contribution >= 0.6 is 0 Å². The van der Waals surface area contributed by atoms with Gasteiger partial charge in [-0.1, -0.05) is 12.1 Å². The Hall–Kier alpha value is -3.08. The molecule has 2 aromatic heterocycles. The molecular weight excluding hydrogens is 350 g/mol. The fourth-order valence-corrected chi connectivity index (χ4v) is 2.87. The Morgan fingerprint density at radius 2 is 2.00 bits per heavy atom. The van der Waals surface area contributed by atoms with E-state index in [-0.39, 0.29) is 34.7 Å². The first-order valence-electron chi connectivity index (χ1n) is 7.12. The Morgan fingerprint density at radius 3 is 2.68 bits per heavy atom. The van der Waals surface area contributed by atoms with Gasteiger partial charge in [0.1, 0.15) is 27.2 Å². The summed E-state index contributed by atoms with van der Waals surface area (Å²) in [7, 11) is -3.23. The third-order valence-corrected chi connectivity index (χ3v) is 4.49. The smallest absolute Gasteiger partial charge is 0.294 e. The summed E-state index contributed by atoms with van der Waals surface area (Å²) in [5, 5.41) is 15.4. The van der Waals surface area contributed by atoms with Gasteiger partial charge in [0.15, 0.2) is 5.65 Å². The van der Waals surface area contributed by atoms with Crippen molar-refractivity contribution in [1.82, 2.24) is 19.3 Å². The topological polar surface area (TPSA) is 130 Å². The highest BCUT2D eigenvalue weighted by Gasteiger charge is 2.19. The molecule has 0 aliphatic heterocycles. The van der Waals surface area contributed by atoms with E-state index < -0.39 is 20.3 Å². The largest absolute Gasteiger partial charge is 0.298 e. The van der Waals surface area contributed by atoms with Crippen molar-refractivity contribution >= 4 is 26.6 Å². The van der Waals surface area contributed by atoms with Crippen molar-refractivity contribution in [2.45, 2.75) is 6.54 Å². The zero-order valence-corrected chi connectivity index (χ0v) is 13.9. The van der Waals surface area contributed by atoms with Crippen LogP contribution in [0.3, 0.4) is 0 Å². The molecule has 0 saturated carbocycles. The number of aromatic nitrogens is 4. The van der Waals surface area contributed by atoms with Crippen LogP contribution < -0.4 is 5.56 Å². The minimum atomic E-state index is -3.23. The Balaban J connectivity index is 2.11. The molecule has 0 aliphatic carbocycles. The number of fused-ring (bicyclic) bond motifs is 1. The second-order valence-corrected chi connectivity index (χ2v) is 7.67. The SMILES string of the molecule is CS(=O)(=O)CCn1cnc2c(cnn2-c2ccccc2[N+](=O)[O-])c1=O. The maximum Gasteiger partial charge on any atom is 0.294 e. The van der Waals surface area contributed by atoms with Gasteiger partial charge in [-0.05, 0) is 6.07 Å². The molecule has 0 saturated heterocycles. The molecule has 11 heteroatoms. The number of rotatable bonds is 5. The average molecular weight is 363 g/mol. The molecule has 0 spiro atoms. The van der Waals surface area contributed by atoms with Gasteiger partial charge in [0.25, 0.3) is 11.2 Å². The van der Waals surface area contributed by atoms with Crippen molar-refractivity contribution in [3.8, 4) is 5.69 Å². The molecule has 3 rings (SSSR count). The normalized spacial score (nSPS) is 11.7. The van der Waals surface area contributed by atoms with Crippen LogP contribution in [-0.2, 0) is 16.4 Å². The lowest BCUT2D eigenvalue weighted by molar-refractivity contribution is -0.384. The monoisotopic (exact) mass is 363 g/mol. The minimum absolute atomic E-state index is 0.0305. The van der Waals surface area contributed by atoms with E-state index in [0.29, 0.717) is 0 Å². The van der Waals surface area contributed by atoms with Crippen LogP contribution in [-0.4, -0.2) is 44.7 Å². The molecule has 10 nitrogen and oxygen atoms in total. The van der Waals surface area contributed by atoms with Crippen molar-refractivity contribution in [3.63, 3.8) is 0 Å². The molecule has 3 aromatic rings. The van der Waals surface area contributed by atoms with Gasteiger partial charge in [0, 0.05) is 18.9 Å². The molecule has 0 amide bonds. The van der Waals surface area contributed by atoms with Crippen molar-refractivity contribution in [3.05, 3.63) is 57.3 Å². The van der Waals surface area contributed by atoms with E-state index in [9.17, 15) is 23.3 Å². The van der Waals surface area contributed by atoms with Crippen molar-refractivity contribution in [2.24, 2.45) is 0 Å². The average Bonchev–Trinajstić information content (AvgIpc) is 2.98. The van der Waals surface area contributed by atoms with Crippen LogP contribution in [0.4, 0.5) is 5.69 Å². The molecule has 0 aliphatic rings. The van der Waals surface area contributed by atoms with Crippen molar-refractivity contribution in [1.29, 1.82) is 0 Å². The second kappa shape index (κ2) is 6.09. The molecule has 2 heterocycles. The number of nitro groups is 1. The molecule has 0 N–H and O–H groups in total. The number of aryl methyl sites for hydroxylation is 1. The van der Waals surface area contributed by atoms with Crippen LogP contribution in [0, 0.1) is 10.1 Å². The van der Waals surface area contributed by atoms with E-state index in [1.807, 2.05) is 0 Å².